The molecule has 3 aromatic rings. The van der Waals surface area contributed by atoms with Crippen LogP contribution in [0.25, 0.3) is 21.9 Å². The van der Waals surface area contributed by atoms with Crippen LogP contribution in [0.1, 0.15) is 12.8 Å². The normalized spacial score (nSPS) is 15.0. The van der Waals surface area contributed by atoms with Gasteiger partial charge in [0.25, 0.3) is 5.91 Å². The molecule has 1 aliphatic carbocycles. The highest BCUT2D eigenvalue weighted by Gasteiger charge is 2.31. The van der Waals surface area contributed by atoms with Gasteiger partial charge in [0.15, 0.2) is 5.57 Å². The first kappa shape index (κ1) is 15.6. The predicted molar refractivity (Wildman–Crippen MR) is 95.4 cm³/mol. The fourth-order valence-corrected chi connectivity index (χ4v) is 3.05. The average Bonchev–Trinajstić information content (AvgIpc) is 3.37. The molecule has 0 aliphatic heterocycles. The summed E-state index contributed by atoms with van der Waals surface area (Å²) in [6, 6.07) is 12.3. The maximum Gasteiger partial charge on any atom is 0.269 e. The Morgan fingerprint density at radius 1 is 1.28 bits per heavy atom. The lowest BCUT2D eigenvalue weighted by Crippen LogP contribution is -2.16. The van der Waals surface area contributed by atoms with Crippen molar-refractivity contribution in [2.24, 2.45) is 5.92 Å². The van der Waals surface area contributed by atoms with Crippen molar-refractivity contribution in [3.8, 4) is 6.07 Å². The van der Waals surface area contributed by atoms with Crippen LogP contribution in [0.2, 0.25) is 5.02 Å². The van der Waals surface area contributed by atoms with Gasteiger partial charge in [0.1, 0.15) is 23.0 Å². The molecule has 2 aromatic carbocycles. The molecule has 25 heavy (non-hydrogen) atoms. The molecule has 1 fully saturated rings. The van der Waals surface area contributed by atoms with Crippen LogP contribution < -0.4 is 5.32 Å². The molecule has 6 heteroatoms. The summed E-state index contributed by atoms with van der Waals surface area (Å²) in [5.41, 5.74) is 1.51. The van der Waals surface area contributed by atoms with Gasteiger partial charge in [-0.2, -0.15) is 5.26 Å². The molecule has 0 atom stereocenters. The maximum absolute atomic E-state index is 12.5. The van der Waals surface area contributed by atoms with Gasteiger partial charge < -0.3 is 14.8 Å². The number of aliphatic hydroxyl groups excluding tert-OH is 1. The zero-order chi connectivity index (χ0) is 17.6. The van der Waals surface area contributed by atoms with E-state index in [0.717, 1.165) is 18.2 Å². The van der Waals surface area contributed by atoms with Gasteiger partial charge in [-0.15, -0.1) is 0 Å². The van der Waals surface area contributed by atoms with Crippen molar-refractivity contribution >= 4 is 45.1 Å². The van der Waals surface area contributed by atoms with Gasteiger partial charge in [-0.25, -0.2) is 0 Å². The molecule has 1 aliphatic rings. The number of fused-ring (bicyclic) bond motifs is 3. The number of carbonyl (C=O) groups is 1. The molecular weight excluding hydrogens is 340 g/mol. The minimum absolute atomic E-state index is 0.0789. The second-order valence-electron chi connectivity index (χ2n) is 6.02. The van der Waals surface area contributed by atoms with Gasteiger partial charge in [-0.05, 0) is 43.2 Å². The molecule has 5 nitrogen and oxygen atoms in total. The zero-order valence-corrected chi connectivity index (χ0v) is 13.8. The van der Waals surface area contributed by atoms with E-state index >= 15 is 0 Å². The number of anilines is 1. The third-order valence-electron chi connectivity index (χ3n) is 4.26. The van der Waals surface area contributed by atoms with Crippen molar-refractivity contribution in [1.29, 1.82) is 5.26 Å². The molecular formula is C19H13ClN2O3. The molecule has 1 heterocycles. The molecule has 2 N–H and O–H groups in total. The lowest BCUT2D eigenvalue weighted by molar-refractivity contribution is -0.112. The van der Waals surface area contributed by atoms with Gasteiger partial charge in [-0.1, -0.05) is 17.7 Å². The van der Waals surface area contributed by atoms with E-state index in [9.17, 15) is 15.2 Å². The predicted octanol–water partition coefficient (Wildman–Crippen LogP) is 4.92. The summed E-state index contributed by atoms with van der Waals surface area (Å²) < 4.78 is 5.78. The monoisotopic (exact) mass is 352 g/mol. The quantitative estimate of drug-likeness (QED) is 0.398. The smallest absolute Gasteiger partial charge is 0.269 e. The summed E-state index contributed by atoms with van der Waals surface area (Å²) in [6.45, 7) is 0. The molecule has 124 valence electrons. The number of nitriles is 1. The standard InChI is InChI=1S/C19H13ClN2O3/c20-11-6-7-15-12(8-11)17-14(2-1-3-16(17)25-15)22-19(24)13(9-21)18(23)10-4-5-10/h1-3,6-8,10,23H,4-5H2,(H,22,24)/b18-13-. The zero-order valence-electron chi connectivity index (χ0n) is 13.0. The van der Waals surface area contributed by atoms with E-state index in [4.69, 9.17) is 16.0 Å². The first-order chi connectivity index (χ1) is 12.1. The fourth-order valence-electron chi connectivity index (χ4n) is 2.87. The number of aliphatic hydroxyl groups is 1. The van der Waals surface area contributed by atoms with Crippen molar-refractivity contribution < 1.29 is 14.3 Å². The molecule has 0 spiro atoms. The topological polar surface area (TPSA) is 86.3 Å². The van der Waals surface area contributed by atoms with Crippen molar-refractivity contribution in [2.45, 2.75) is 12.8 Å². The van der Waals surface area contributed by atoms with Crippen LogP contribution in [0.3, 0.4) is 0 Å². The number of rotatable bonds is 3. The Morgan fingerprint density at radius 3 is 2.80 bits per heavy atom. The first-order valence-corrected chi connectivity index (χ1v) is 8.21. The second-order valence-corrected chi connectivity index (χ2v) is 6.46. The van der Waals surface area contributed by atoms with E-state index in [2.05, 4.69) is 5.32 Å². The lowest BCUT2D eigenvalue weighted by atomic mass is 10.1. The summed E-state index contributed by atoms with van der Waals surface area (Å²) >= 11 is 6.08. The molecule has 0 unspecified atom stereocenters. The summed E-state index contributed by atoms with van der Waals surface area (Å²) in [6.07, 6.45) is 1.59. The van der Waals surface area contributed by atoms with Gasteiger partial charge in [-0.3, -0.25) is 4.79 Å². The fraction of sp³-hybridized carbons (Fsp3) is 0.158. The molecule has 0 radical (unpaired) electrons. The number of nitrogens with zero attached hydrogens (tertiary/aromatic N) is 1. The minimum atomic E-state index is -0.629. The van der Waals surface area contributed by atoms with Crippen LogP contribution in [-0.2, 0) is 4.79 Å². The van der Waals surface area contributed by atoms with Gasteiger partial charge in [0, 0.05) is 16.3 Å². The number of nitrogens with one attached hydrogen (secondary N) is 1. The van der Waals surface area contributed by atoms with Crippen molar-refractivity contribution in [1.82, 2.24) is 0 Å². The Balaban J connectivity index is 1.80. The van der Waals surface area contributed by atoms with Crippen molar-refractivity contribution in [3.63, 3.8) is 0 Å². The van der Waals surface area contributed by atoms with Crippen LogP contribution in [0.15, 0.2) is 52.1 Å². The Hall–Kier alpha value is -2.97. The molecule has 4 rings (SSSR count). The second kappa shape index (κ2) is 5.83. The van der Waals surface area contributed by atoms with Gasteiger partial charge >= 0.3 is 0 Å². The highest BCUT2D eigenvalue weighted by molar-refractivity contribution is 6.32. The molecule has 0 saturated heterocycles. The van der Waals surface area contributed by atoms with E-state index in [-0.39, 0.29) is 17.3 Å². The Kier molecular flexibility index (Phi) is 3.63. The van der Waals surface area contributed by atoms with Crippen LogP contribution >= 0.6 is 11.6 Å². The number of allylic oxidation sites excluding steroid dienone is 1. The Bertz CT molecular complexity index is 1090. The first-order valence-electron chi connectivity index (χ1n) is 7.84. The Labute approximate surface area is 148 Å². The summed E-state index contributed by atoms with van der Waals surface area (Å²) in [5, 5.41) is 24.0. The summed E-state index contributed by atoms with van der Waals surface area (Å²) in [4.78, 5) is 12.5. The van der Waals surface area contributed by atoms with Gasteiger partial charge in [0.2, 0.25) is 0 Å². The third-order valence-corrected chi connectivity index (χ3v) is 4.50. The molecule has 1 amide bonds. The van der Waals surface area contributed by atoms with Crippen LogP contribution in [-0.4, -0.2) is 11.0 Å². The van der Waals surface area contributed by atoms with E-state index in [1.165, 1.54) is 0 Å². The number of furan rings is 1. The lowest BCUT2D eigenvalue weighted by Gasteiger charge is -2.07. The van der Waals surface area contributed by atoms with Crippen LogP contribution in [0, 0.1) is 17.2 Å². The number of halogens is 1. The van der Waals surface area contributed by atoms with E-state index in [1.54, 1.807) is 42.5 Å². The molecule has 0 bridgehead atoms. The summed E-state index contributed by atoms with van der Waals surface area (Å²) in [5.74, 6) is -0.840. The van der Waals surface area contributed by atoms with Crippen molar-refractivity contribution in [2.75, 3.05) is 5.32 Å². The van der Waals surface area contributed by atoms with Crippen LogP contribution in [0.5, 0.6) is 0 Å². The Morgan fingerprint density at radius 2 is 2.08 bits per heavy atom. The van der Waals surface area contributed by atoms with E-state index in [1.807, 2.05) is 0 Å². The molecule has 1 aromatic heterocycles. The van der Waals surface area contributed by atoms with Crippen molar-refractivity contribution in [3.05, 3.63) is 52.8 Å². The SMILES string of the molecule is N#C/C(C(=O)Nc1cccc2oc3ccc(Cl)cc3c12)=C(/O)C1CC1. The van der Waals surface area contributed by atoms with Crippen LogP contribution in [0.4, 0.5) is 5.69 Å². The summed E-state index contributed by atoms with van der Waals surface area (Å²) in [7, 11) is 0. The highest BCUT2D eigenvalue weighted by atomic mass is 35.5. The number of benzene rings is 2. The highest BCUT2D eigenvalue weighted by Crippen LogP contribution is 2.38. The number of amides is 1. The molecule has 1 saturated carbocycles. The van der Waals surface area contributed by atoms with E-state index < -0.39 is 5.91 Å². The number of hydrogen-bond donors (Lipinski definition) is 2. The van der Waals surface area contributed by atoms with E-state index in [0.29, 0.717) is 27.3 Å². The number of hydrogen-bond acceptors (Lipinski definition) is 4. The average molecular weight is 353 g/mol. The minimum Gasteiger partial charge on any atom is -0.510 e. The van der Waals surface area contributed by atoms with Gasteiger partial charge in [0.05, 0.1) is 11.1 Å². The maximum atomic E-state index is 12.5. The largest absolute Gasteiger partial charge is 0.510 e. The third kappa shape index (κ3) is 2.71. The number of carbonyl (C=O) groups excluding carboxylic acids is 1.